The number of hydrogen-bond acceptors (Lipinski definition) is 4. The zero-order valence-electron chi connectivity index (χ0n) is 16.9. The van der Waals surface area contributed by atoms with Gasteiger partial charge < -0.3 is 15.1 Å². The van der Waals surface area contributed by atoms with Crippen LogP contribution in [0, 0.1) is 0 Å². The van der Waals surface area contributed by atoms with Crippen molar-refractivity contribution >= 4 is 41.5 Å². The molecule has 1 amide bonds. The highest BCUT2D eigenvalue weighted by atomic mass is 127. The van der Waals surface area contributed by atoms with Crippen molar-refractivity contribution in [1.82, 2.24) is 25.0 Å². The molecule has 4 rings (SSSR count). The van der Waals surface area contributed by atoms with E-state index in [4.69, 9.17) is 0 Å². The Kier molecular flexibility index (Phi) is 7.09. The van der Waals surface area contributed by atoms with Crippen LogP contribution in [0.3, 0.4) is 0 Å². The molecule has 8 nitrogen and oxygen atoms in total. The fourth-order valence-electron chi connectivity index (χ4n) is 4.13. The largest absolute Gasteiger partial charge is 0.349 e. The van der Waals surface area contributed by atoms with Gasteiger partial charge in [-0.3, -0.25) is 14.5 Å². The van der Waals surface area contributed by atoms with E-state index < -0.39 is 0 Å². The summed E-state index contributed by atoms with van der Waals surface area (Å²) in [4.78, 5) is 24.9. The number of anilines is 1. The maximum absolute atomic E-state index is 11.9. The molecular formula is C20H28IN7O. The van der Waals surface area contributed by atoms with Crippen molar-refractivity contribution in [2.45, 2.75) is 31.7 Å². The summed E-state index contributed by atoms with van der Waals surface area (Å²) in [5.74, 6) is 2.37. The van der Waals surface area contributed by atoms with Crippen LogP contribution in [0.4, 0.5) is 5.69 Å². The topological polar surface area (TPSA) is 78.7 Å². The molecule has 0 bridgehead atoms. The third-order valence-corrected chi connectivity index (χ3v) is 5.67. The smallest absolute Gasteiger partial charge is 0.222 e. The SMILES string of the molecule is CN=C(NCc1ncnn1C)N1CC(CCN2CCCC2=O)c2ccccc21.I. The molecule has 9 heteroatoms. The number of aromatic nitrogens is 3. The molecule has 0 spiro atoms. The molecule has 2 aliphatic heterocycles. The number of nitrogens with one attached hydrogen (secondary N) is 1. The minimum atomic E-state index is 0. The summed E-state index contributed by atoms with van der Waals surface area (Å²) in [6.45, 7) is 3.16. The van der Waals surface area contributed by atoms with E-state index in [9.17, 15) is 4.79 Å². The first-order valence-corrected chi connectivity index (χ1v) is 9.85. The molecule has 1 N–H and O–H groups in total. The summed E-state index contributed by atoms with van der Waals surface area (Å²) in [6.07, 6.45) is 4.22. The Morgan fingerprint density at radius 1 is 1.34 bits per heavy atom. The number of halogens is 1. The number of aliphatic imine (C=N–C) groups is 1. The highest BCUT2D eigenvalue weighted by molar-refractivity contribution is 14.0. The molecule has 1 unspecified atom stereocenters. The maximum Gasteiger partial charge on any atom is 0.222 e. The lowest BCUT2D eigenvalue weighted by molar-refractivity contribution is -0.127. The van der Waals surface area contributed by atoms with Crippen LogP contribution in [-0.2, 0) is 18.4 Å². The van der Waals surface area contributed by atoms with Gasteiger partial charge in [0.15, 0.2) is 5.96 Å². The predicted octanol–water partition coefficient (Wildman–Crippen LogP) is 2.12. The normalized spacial score (nSPS) is 18.8. The van der Waals surface area contributed by atoms with Crippen LogP contribution in [0.1, 0.15) is 36.6 Å². The van der Waals surface area contributed by atoms with E-state index in [0.717, 1.165) is 44.3 Å². The van der Waals surface area contributed by atoms with Gasteiger partial charge >= 0.3 is 0 Å². The molecule has 1 aromatic carbocycles. The van der Waals surface area contributed by atoms with Crippen LogP contribution in [0.15, 0.2) is 35.6 Å². The quantitative estimate of drug-likeness (QED) is 0.380. The second kappa shape index (κ2) is 9.55. The molecule has 1 fully saturated rings. The molecule has 0 radical (unpaired) electrons. The molecule has 1 saturated heterocycles. The standard InChI is InChI=1S/C20H27N7O.HI/c1-21-20(22-12-18-23-14-24-25(18)2)27-13-15(16-6-3-4-7-17(16)27)9-11-26-10-5-8-19(26)28;/h3-4,6-7,14-15H,5,8-13H2,1-2H3,(H,21,22);1H. The summed E-state index contributed by atoms with van der Waals surface area (Å²) in [5, 5.41) is 7.52. The van der Waals surface area contributed by atoms with Crippen molar-refractivity contribution in [3.63, 3.8) is 0 Å². The molecule has 2 aliphatic rings. The fourth-order valence-corrected chi connectivity index (χ4v) is 4.13. The van der Waals surface area contributed by atoms with E-state index in [1.165, 1.54) is 11.3 Å². The van der Waals surface area contributed by atoms with Gasteiger partial charge in [-0.25, -0.2) is 4.98 Å². The van der Waals surface area contributed by atoms with E-state index in [2.05, 4.69) is 49.6 Å². The molecule has 3 heterocycles. The number of aryl methyl sites for hydroxylation is 1. The maximum atomic E-state index is 11.9. The van der Waals surface area contributed by atoms with E-state index in [1.807, 2.05) is 11.9 Å². The van der Waals surface area contributed by atoms with Crippen molar-refractivity contribution < 1.29 is 4.79 Å². The predicted molar refractivity (Wildman–Crippen MR) is 124 cm³/mol. The van der Waals surface area contributed by atoms with Crippen LogP contribution in [0.25, 0.3) is 0 Å². The number of carbonyl (C=O) groups is 1. The van der Waals surface area contributed by atoms with Crippen molar-refractivity contribution in [3.05, 3.63) is 42.0 Å². The zero-order valence-corrected chi connectivity index (χ0v) is 19.2. The number of guanidine groups is 1. The number of amides is 1. The van der Waals surface area contributed by atoms with Gasteiger partial charge in [0.25, 0.3) is 0 Å². The number of rotatable bonds is 5. The van der Waals surface area contributed by atoms with Gasteiger partial charge in [0.1, 0.15) is 12.2 Å². The van der Waals surface area contributed by atoms with E-state index >= 15 is 0 Å². The van der Waals surface area contributed by atoms with Gasteiger partial charge in [-0.15, -0.1) is 24.0 Å². The number of benzene rings is 1. The van der Waals surface area contributed by atoms with Gasteiger partial charge in [-0.2, -0.15) is 5.10 Å². The van der Waals surface area contributed by atoms with E-state index in [0.29, 0.717) is 24.8 Å². The third kappa shape index (κ3) is 4.54. The molecule has 0 aliphatic carbocycles. The second-order valence-electron chi connectivity index (χ2n) is 7.34. The summed E-state index contributed by atoms with van der Waals surface area (Å²) < 4.78 is 1.76. The molecule has 156 valence electrons. The molecule has 29 heavy (non-hydrogen) atoms. The minimum Gasteiger partial charge on any atom is -0.349 e. The van der Waals surface area contributed by atoms with Crippen molar-refractivity contribution in [2.24, 2.45) is 12.0 Å². The molecular weight excluding hydrogens is 481 g/mol. The Morgan fingerprint density at radius 2 is 2.17 bits per heavy atom. The lowest BCUT2D eigenvalue weighted by atomic mass is 9.98. The summed E-state index contributed by atoms with van der Waals surface area (Å²) in [7, 11) is 3.69. The van der Waals surface area contributed by atoms with Crippen LogP contribution in [0.2, 0.25) is 0 Å². The first-order valence-electron chi connectivity index (χ1n) is 9.85. The third-order valence-electron chi connectivity index (χ3n) is 5.67. The Hall–Kier alpha value is -2.17. The fraction of sp³-hybridized carbons (Fsp3) is 0.500. The van der Waals surface area contributed by atoms with Crippen molar-refractivity contribution in [3.8, 4) is 0 Å². The monoisotopic (exact) mass is 509 g/mol. The lowest BCUT2D eigenvalue weighted by Crippen LogP contribution is -2.41. The van der Waals surface area contributed by atoms with Gasteiger partial charge in [0.05, 0.1) is 6.54 Å². The minimum absolute atomic E-state index is 0. The first-order chi connectivity index (χ1) is 13.7. The van der Waals surface area contributed by atoms with E-state index in [1.54, 1.807) is 18.1 Å². The van der Waals surface area contributed by atoms with Crippen LogP contribution in [-0.4, -0.2) is 58.2 Å². The second-order valence-corrected chi connectivity index (χ2v) is 7.34. The molecule has 1 aromatic heterocycles. The van der Waals surface area contributed by atoms with E-state index in [-0.39, 0.29) is 24.0 Å². The summed E-state index contributed by atoms with van der Waals surface area (Å²) in [6, 6.07) is 8.49. The highest BCUT2D eigenvalue weighted by Gasteiger charge is 2.32. The van der Waals surface area contributed by atoms with Gasteiger partial charge in [-0.05, 0) is 24.5 Å². The Morgan fingerprint density at radius 3 is 2.86 bits per heavy atom. The highest BCUT2D eigenvalue weighted by Crippen LogP contribution is 2.38. The Balaban J connectivity index is 0.00000240. The molecule has 1 atom stereocenters. The van der Waals surface area contributed by atoms with Crippen molar-refractivity contribution in [2.75, 3.05) is 31.6 Å². The number of para-hydroxylation sites is 1. The first kappa shape index (κ1) is 21.5. The Bertz CT molecular complexity index is 881. The number of nitrogens with zero attached hydrogens (tertiary/aromatic N) is 6. The van der Waals surface area contributed by atoms with Gasteiger partial charge in [0.2, 0.25) is 5.91 Å². The number of fused-ring (bicyclic) bond motifs is 1. The van der Waals surface area contributed by atoms with Crippen LogP contribution < -0.4 is 10.2 Å². The van der Waals surface area contributed by atoms with Crippen LogP contribution in [0.5, 0.6) is 0 Å². The van der Waals surface area contributed by atoms with Gasteiger partial charge in [0, 0.05) is 51.8 Å². The number of hydrogen-bond donors (Lipinski definition) is 1. The average molecular weight is 509 g/mol. The summed E-state index contributed by atoms with van der Waals surface area (Å²) >= 11 is 0. The number of likely N-dealkylation sites (tertiary alicyclic amines) is 1. The van der Waals surface area contributed by atoms with Crippen molar-refractivity contribution in [1.29, 1.82) is 0 Å². The average Bonchev–Trinajstić information content (AvgIpc) is 3.41. The molecule has 0 saturated carbocycles. The summed E-state index contributed by atoms with van der Waals surface area (Å²) in [5.41, 5.74) is 2.52. The van der Waals surface area contributed by atoms with Crippen LogP contribution >= 0.6 is 24.0 Å². The van der Waals surface area contributed by atoms with Gasteiger partial charge in [-0.1, -0.05) is 18.2 Å². The Labute approximate surface area is 188 Å². The molecule has 2 aromatic rings. The lowest BCUT2D eigenvalue weighted by Gasteiger charge is -2.23. The number of carbonyl (C=O) groups excluding carboxylic acids is 1. The zero-order chi connectivity index (χ0) is 19.5.